The molecule has 1 aliphatic heterocycles. The van der Waals surface area contributed by atoms with Crippen LogP contribution in [0.5, 0.6) is 0 Å². The number of thiocarbonyl (C=S) groups is 1. The molecule has 0 unspecified atom stereocenters. The maximum Gasteiger partial charge on any atom is 0.197 e. The van der Waals surface area contributed by atoms with Crippen molar-refractivity contribution in [2.75, 3.05) is 0 Å². The standard InChI is InChI=1S/C10H12N4S/c1-6-3-2-4-7(5-6)8-12-9(11)14-10(15)13-8/h2-5,8H,1H3,(H4,11,12,13,14,15)/t8-/m0/s1. The molecular formula is C10H12N4S. The zero-order valence-electron chi connectivity index (χ0n) is 8.32. The number of nitrogens with zero attached hydrogens (tertiary/aromatic N) is 1. The van der Waals surface area contributed by atoms with E-state index in [9.17, 15) is 0 Å². The highest BCUT2D eigenvalue weighted by Crippen LogP contribution is 2.16. The first kappa shape index (κ1) is 9.92. The van der Waals surface area contributed by atoms with Crippen LogP contribution in [0.2, 0.25) is 0 Å². The maximum atomic E-state index is 5.60. The fraction of sp³-hybridized carbons (Fsp3) is 0.200. The molecule has 5 heteroatoms. The van der Waals surface area contributed by atoms with E-state index in [1.807, 2.05) is 25.1 Å². The van der Waals surface area contributed by atoms with Crippen LogP contribution >= 0.6 is 12.2 Å². The Morgan fingerprint density at radius 1 is 1.47 bits per heavy atom. The number of benzene rings is 1. The molecule has 4 nitrogen and oxygen atoms in total. The number of aliphatic imine (C=N–C) groups is 1. The number of nitrogens with one attached hydrogen (secondary N) is 2. The minimum absolute atomic E-state index is 0.182. The summed E-state index contributed by atoms with van der Waals surface area (Å²) in [4.78, 5) is 4.23. The van der Waals surface area contributed by atoms with Gasteiger partial charge in [0, 0.05) is 0 Å². The summed E-state index contributed by atoms with van der Waals surface area (Å²) in [7, 11) is 0. The van der Waals surface area contributed by atoms with Crippen LogP contribution in [-0.4, -0.2) is 11.1 Å². The summed E-state index contributed by atoms with van der Waals surface area (Å²) >= 11 is 5.01. The SMILES string of the molecule is Cc1cccc([C@H]2N=C(N)NC(=S)N2)c1. The van der Waals surface area contributed by atoms with Crippen molar-refractivity contribution in [3.8, 4) is 0 Å². The molecule has 1 aromatic carbocycles. The summed E-state index contributed by atoms with van der Waals surface area (Å²) in [5, 5.41) is 6.29. The fourth-order valence-corrected chi connectivity index (χ4v) is 1.69. The molecule has 0 spiro atoms. The first-order valence-electron chi connectivity index (χ1n) is 4.62. The Balaban J connectivity index is 2.31. The number of rotatable bonds is 1. The molecule has 4 N–H and O–H groups in total. The number of hydrogen-bond donors (Lipinski definition) is 3. The van der Waals surface area contributed by atoms with Gasteiger partial charge in [0.05, 0.1) is 0 Å². The number of guanidine groups is 1. The zero-order valence-corrected chi connectivity index (χ0v) is 9.14. The number of nitrogens with two attached hydrogens (primary N) is 1. The maximum absolute atomic E-state index is 5.60. The van der Waals surface area contributed by atoms with Crippen LogP contribution in [-0.2, 0) is 0 Å². The van der Waals surface area contributed by atoms with Crippen molar-refractivity contribution in [3.63, 3.8) is 0 Å². The van der Waals surface area contributed by atoms with Crippen molar-refractivity contribution in [2.45, 2.75) is 13.1 Å². The van der Waals surface area contributed by atoms with Gasteiger partial charge in [-0.3, -0.25) is 0 Å². The third-order valence-electron chi connectivity index (χ3n) is 2.14. The van der Waals surface area contributed by atoms with Gasteiger partial charge < -0.3 is 16.4 Å². The summed E-state index contributed by atoms with van der Waals surface area (Å²) in [6, 6.07) is 8.08. The second kappa shape index (κ2) is 3.86. The smallest absolute Gasteiger partial charge is 0.197 e. The van der Waals surface area contributed by atoms with E-state index in [4.69, 9.17) is 18.0 Å². The molecule has 0 radical (unpaired) electrons. The fourth-order valence-electron chi connectivity index (χ4n) is 1.48. The molecule has 78 valence electrons. The molecular weight excluding hydrogens is 208 g/mol. The van der Waals surface area contributed by atoms with Gasteiger partial charge in [-0.05, 0) is 24.7 Å². The van der Waals surface area contributed by atoms with E-state index in [-0.39, 0.29) is 6.17 Å². The van der Waals surface area contributed by atoms with Gasteiger partial charge in [0.1, 0.15) is 6.17 Å². The molecule has 1 aliphatic rings. The average Bonchev–Trinajstić information content (AvgIpc) is 2.16. The van der Waals surface area contributed by atoms with Gasteiger partial charge in [0.15, 0.2) is 11.1 Å². The predicted octanol–water partition coefficient (Wildman–Crippen LogP) is 0.786. The monoisotopic (exact) mass is 220 g/mol. The second-order valence-corrected chi connectivity index (χ2v) is 3.84. The largest absolute Gasteiger partial charge is 0.370 e. The lowest BCUT2D eigenvalue weighted by Crippen LogP contribution is -2.49. The van der Waals surface area contributed by atoms with Crippen molar-refractivity contribution < 1.29 is 0 Å². The van der Waals surface area contributed by atoms with Crippen molar-refractivity contribution in [1.82, 2.24) is 10.6 Å². The lowest BCUT2D eigenvalue weighted by atomic mass is 10.1. The van der Waals surface area contributed by atoms with Gasteiger partial charge in [-0.2, -0.15) is 0 Å². The molecule has 0 amide bonds. The quantitative estimate of drug-likeness (QED) is 0.612. The topological polar surface area (TPSA) is 62.4 Å². The van der Waals surface area contributed by atoms with Crippen LogP contribution in [0, 0.1) is 6.92 Å². The highest BCUT2D eigenvalue weighted by Gasteiger charge is 2.16. The molecule has 15 heavy (non-hydrogen) atoms. The summed E-state index contributed by atoms with van der Waals surface area (Å²) in [5.74, 6) is 0.352. The molecule has 0 aliphatic carbocycles. The molecule has 0 bridgehead atoms. The lowest BCUT2D eigenvalue weighted by molar-refractivity contribution is 0.659. The van der Waals surface area contributed by atoms with E-state index in [2.05, 4.69) is 21.7 Å². The van der Waals surface area contributed by atoms with Crippen molar-refractivity contribution >= 4 is 23.3 Å². The Morgan fingerprint density at radius 3 is 2.93 bits per heavy atom. The molecule has 1 atom stereocenters. The Labute approximate surface area is 93.6 Å². The van der Waals surface area contributed by atoms with Gasteiger partial charge in [-0.25, -0.2) is 4.99 Å². The molecule has 0 fully saturated rings. The number of aryl methyl sites for hydroxylation is 1. The van der Waals surface area contributed by atoms with Gasteiger partial charge >= 0.3 is 0 Å². The Bertz CT molecular complexity index is 427. The zero-order chi connectivity index (χ0) is 10.8. The highest BCUT2D eigenvalue weighted by molar-refractivity contribution is 7.80. The minimum atomic E-state index is -0.182. The van der Waals surface area contributed by atoms with E-state index in [1.165, 1.54) is 5.56 Å². The normalized spacial score (nSPS) is 20.2. The molecule has 1 aromatic rings. The van der Waals surface area contributed by atoms with E-state index in [0.29, 0.717) is 11.1 Å². The summed E-state index contributed by atoms with van der Waals surface area (Å²) in [6.07, 6.45) is -0.182. The molecule has 0 aromatic heterocycles. The average molecular weight is 220 g/mol. The van der Waals surface area contributed by atoms with E-state index >= 15 is 0 Å². The Morgan fingerprint density at radius 2 is 2.27 bits per heavy atom. The molecule has 1 heterocycles. The summed E-state index contributed by atoms with van der Waals surface area (Å²) in [6.45, 7) is 2.04. The highest BCUT2D eigenvalue weighted by atomic mass is 32.1. The van der Waals surface area contributed by atoms with Gasteiger partial charge in [-0.1, -0.05) is 29.8 Å². The van der Waals surface area contributed by atoms with Crippen LogP contribution in [0.3, 0.4) is 0 Å². The van der Waals surface area contributed by atoms with Gasteiger partial charge in [-0.15, -0.1) is 0 Å². The third kappa shape index (κ3) is 2.24. The van der Waals surface area contributed by atoms with Crippen molar-refractivity contribution in [3.05, 3.63) is 35.4 Å². The van der Waals surface area contributed by atoms with Crippen LogP contribution < -0.4 is 16.4 Å². The van der Waals surface area contributed by atoms with Crippen molar-refractivity contribution in [1.29, 1.82) is 0 Å². The second-order valence-electron chi connectivity index (χ2n) is 3.43. The molecule has 0 saturated heterocycles. The minimum Gasteiger partial charge on any atom is -0.370 e. The van der Waals surface area contributed by atoms with E-state index < -0.39 is 0 Å². The number of hydrogen-bond acceptors (Lipinski definition) is 3. The molecule has 0 saturated carbocycles. The van der Waals surface area contributed by atoms with Crippen LogP contribution in [0.1, 0.15) is 17.3 Å². The van der Waals surface area contributed by atoms with Crippen molar-refractivity contribution in [2.24, 2.45) is 10.7 Å². The van der Waals surface area contributed by atoms with Crippen LogP contribution in [0.4, 0.5) is 0 Å². The first-order valence-corrected chi connectivity index (χ1v) is 5.03. The Hall–Kier alpha value is -1.62. The van der Waals surface area contributed by atoms with Gasteiger partial charge in [0.2, 0.25) is 0 Å². The van der Waals surface area contributed by atoms with Crippen LogP contribution in [0.15, 0.2) is 29.3 Å². The van der Waals surface area contributed by atoms with E-state index in [1.54, 1.807) is 0 Å². The van der Waals surface area contributed by atoms with Crippen LogP contribution in [0.25, 0.3) is 0 Å². The van der Waals surface area contributed by atoms with E-state index in [0.717, 1.165) is 5.56 Å². The lowest BCUT2D eigenvalue weighted by Gasteiger charge is -2.23. The summed E-state index contributed by atoms with van der Waals surface area (Å²) in [5.41, 5.74) is 7.85. The predicted molar refractivity (Wildman–Crippen MR) is 64.4 cm³/mol. The first-order chi connectivity index (χ1) is 7.15. The summed E-state index contributed by atoms with van der Waals surface area (Å²) < 4.78 is 0. The third-order valence-corrected chi connectivity index (χ3v) is 2.36. The molecule has 2 rings (SSSR count). The van der Waals surface area contributed by atoms with Gasteiger partial charge in [0.25, 0.3) is 0 Å². The Kier molecular flexibility index (Phi) is 2.55.